The molecule has 0 radical (unpaired) electrons. The summed E-state index contributed by atoms with van der Waals surface area (Å²) in [5, 5.41) is 13.9. The zero-order valence-corrected chi connectivity index (χ0v) is 13.6. The number of rotatable bonds is 4. The second-order valence-corrected chi connectivity index (χ2v) is 6.41. The summed E-state index contributed by atoms with van der Waals surface area (Å²) in [6.45, 7) is 5.56. The summed E-state index contributed by atoms with van der Waals surface area (Å²) in [5.41, 5.74) is 3.20. The lowest BCUT2D eigenvalue weighted by molar-refractivity contribution is -0.144. The van der Waals surface area contributed by atoms with Crippen LogP contribution in [0.25, 0.3) is 5.69 Å². The molecule has 5 nitrogen and oxygen atoms in total. The third-order valence-corrected chi connectivity index (χ3v) is 4.76. The maximum atomic E-state index is 11.3. The first kappa shape index (κ1) is 15.7. The lowest BCUT2D eigenvalue weighted by atomic mass is 9.93. The summed E-state index contributed by atoms with van der Waals surface area (Å²) in [7, 11) is 0. The van der Waals surface area contributed by atoms with Crippen LogP contribution in [0.15, 0.2) is 36.5 Å². The summed E-state index contributed by atoms with van der Waals surface area (Å²) in [6, 6.07) is 10.4. The highest BCUT2D eigenvalue weighted by atomic mass is 16.4. The van der Waals surface area contributed by atoms with Crippen molar-refractivity contribution in [3.8, 4) is 5.69 Å². The maximum Gasteiger partial charge on any atom is 0.307 e. The van der Waals surface area contributed by atoms with Crippen LogP contribution in [0.4, 0.5) is 0 Å². The summed E-state index contributed by atoms with van der Waals surface area (Å²) in [4.78, 5) is 13.5. The van der Waals surface area contributed by atoms with Gasteiger partial charge in [0.2, 0.25) is 0 Å². The number of nitrogens with zero attached hydrogens (tertiary/aromatic N) is 3. The van der Waals surface area contributed by atoms with Crippen LogP contribution in [0.3, 0.4) is 0 Å². The molecule has 0 saturated carbocycles. The Bertz CT molecular complexity index is 681. The van der Waals surface area contributed by atoms with Gasteiger partial charge in [0.1, 0.15) is 0 Å². The molecule has 1 aliphatic rings. The highest BCUT2D eigenvalue weighted by Gasteiger charge is 2.30. The molecule has 1 aromatic carbocycles. The van der Waals surface area contributed by atoms with Crippen molar-refractivity contribution in [2.45, 2.75) is 39.3 Å². The lowest BCUT2D eigenvalue weighted by Crippen LogP contribution is -2.43. The van der Waals surface area contributed by atoms with Gasteiger partial charge in [-0.2, -0.15) is 5.10 Å². The Morgan fingerprint density at radius 2 is 2.04 bits per heavy atom. The van der Waals surface area contributed by atoms with E-state index in [-0.39, 0.29) is 5.92 Å². The van der Waals surface area contributed by atoms with Gasteiger partial charge in [0.25, 0.3) is 0 Å². The highest BCUT2D eigenvalue weighted by molar-refractivity contribution is 5.70. The smallest absolute Gasteiger partial charge is 0.307 e. The molecule has 0 spiro atoms. The number of hydrogen-bond donors (Lipinski definition) is 1. The molecule has 5 heteroatoms. The lowest BCUT2D eigenvalue weighted by Gasteiger charge is -2.36. The van der Waals surface area contributed by atoms with E-state index >= 15 is 0 Å². The number of aryl methyl sites for hydroxylation is 1. The topological polar surface area (TPSA) is 58.4 Å². The van der Waals surface area contributed by atoms with E-state index < -0.39 is 5.97 Å². The maximum absolute atomic E-state index is 11.3. The fourth-order valence-corrected chi connectivity index (χ4v) is 3.18. The van der Waals surface area contributed by atoms with Crippen LogP contribution in [0.5, 0.6) is 0 Å². The number of carboxylic acids is 1. The normalized spacial score (nSPS) is 22.2. The minimum absolute atomic E-state index is 0.254. The Balaban J connectivity index is 1.77. The third kappa shape index (κ3) is 3.45. The zero-order valence-electron chi connectivity index (χ0n) is 13.6. The van der Waals surface area contributed by atoms with Gasteiger partial charge in [0, 0.05) is 30.9 Å². The van der Waals surface area contributed by atoms with Crippen molar-refractivity contribution in [3.05, 3.63) is 47.8 Å². The number of likely N-dealkylation sites (tertiary alicyclic amines) is 1. The average molecular weight is 313 g/mol. The van der Waals surface area contributed by atoms with Gasteiger partial charge >= 0.3 is 5.97 Å². The van der Waals surface area contributed by atoms with Crippen LogP contribution >= 0.6 is 0 Å². The quantitative estimate of drug-likeness (QED) is 0.943. The van der Waals surface area contributed by atoms with Crippen molar-refractivity contribution in [1.82, 2.24) is 14.7 Å². The van der Waals surface area contributed by atoms with Crippen molar-refractivity contribution in [3.63, 3.8) is 0 Å². The first-order chi connectivity index (χ1) is 11.0. The molecule has 2 heterocycles. The van der Waals surface area contributed by atoms with Gasteiger partial charge < -0.3 is 5.11 Å². The number of hydrogen-bond acceptors (Lipinski definition) is 3. The van der Waals surface area contributed by atoms with E-state index in [0.717, 1.165) is 36.3 Å². The molecule has 0 unspecified atom stereocenters. The van der Waals surface area contributed by atoms with Crippen LogP contribution in [-0.4, -0.2) is 38.3 Å². The number of para-hydroxylation sites is 1. The summed E-state index contributed by atoms with van der Waals surface area (Å²) in [5.74, 6) is -0.936. The van der Waals surface area contributed by atoms with E-state index in [9.17, 15) is 9.90 Å². The zero-order chi connectivity index (χ0) is 16.4. The molecule has 1 fully saturated rings. The Kier molecular flexibility index (Phi) is 4.48. The van der Waals surface area contributed by atoms with Gasteiger partial charge in [-0.05, 0) is 38.8 Å². The third-order valence-electron chi connectivity index (χ3n) is 4.76. The predicted octanol–water partition coefficient (Wildman–Crippen LogP) is 2.87. The number of aromatic nitrogens is 2. The Morgan fingerprint density at radius 3 is 2.74 bits per heavy atom. The molecule has 1 aliphatic heterocycles. The molecule has 0 amide bonds. The van der Waals surface area contributed by atoms with Gasteiger partial charge in [-0.3, -0.25) is 9.69 Å². The predicted molar refractivity (Wildman–Crippen MR) is 88.5 cm³/mol. The van der Waals surface area contributed by atoms with Crippen molar-refractivity contribution in [1.29, 1.82) is 0 Å². The van der Waals surface area contributed by atoms with E-state index in [1.165, 1.54) is 0 Å². The van der Waals surface area contributed by atoms with Gasteiger partial charge in [-0.15, -0.1) is 0 Å². The SMILES string of the molecule is Cc1nn(-c2ccccc2)cc1CN1C[C@@H](C(=O)O)CC[C@H]1C. The standard InChI is InChI=1S/C18H23N3O2/c1-13-8-9-15(18(22)23)10-20(13)11-16-12-21(19-14(16)2)17-6-4-3-5-7-17/h3-7,12-13,15H,8-11H2,1-2H3,(H,22,23)/t13-,15+/m1/s1. The molecule has 23 heavy (non-hydrogen) atoms. The molecule has 0 aliphatic carbocycles. The monoisotopic (exact) mass is 313 g/mol. The molecule has 2 atom stereocenters. The van der Waals surface area contributed by atoms with E-state index in [1.54, 1.807) is 0 Å². The Labute approximate surface area is 136 Å². The molecular weight excluding hydrogens is 290 g/mol. The average Bonchev–Trinajstić information content (AvgIpc) is 2.91. The number of benzene rings is 1. The molecule has 2 aromatic rings. The van der Waals surface area contributed by atoms with Crippen LogP contribution in [0, 0.1) is 12.8 Å². The minimum atomic E-state index is -0.682. The van der Waals surface area contributed by atoms with Gasteiger partial charge in [0.15, 0.2) is 0 Å². The van der Waals surface area contributed by atoms with Gasteiger partial charge in [-0.25, -0.2) is 4.68 Å². The van der Waals surface area contributed by atoms with E-state index in [2.05, 4.69) is 23.1 Å². The fraction of sp³-hybridized carbons (Fsp3) is 0.444. The van der Waals surface area contributed by atoms with Crippen LogP contribution < -0.4 is 0 Å². The van der Waals surface area contributed by atoms with Gasteiger partial charge in [-0.1, -0.05) is 18.2 Å². The molecule has 3 rings (SSSR count). The molecule has 1 aromatic heterocycles. The molecule has 1 saturated heterocycles. The molecular formula is C18H23N3O2. The van der Waals surface area contributed by atoms with Gasteiger partial charge in [0.05, 0.1) is 17.3 Å². The van der Waals surface area contributed by atoms with Crippen molar-refractivity contribution in [2.75, 3.05) is 6.54 Å². The molecule has 122 valence electrons. The summed E-state index contributed by atoms with van der Waals surface area (Å²) >= 11 is 0. The number of carboxylic acid groups (broad SMARTS) is 1. The Hall–Kier alpha value is -2.14. The highest BCUT2D eigenvalue weighted by Crippen LogP contribution is 2.25. The summed E-state index contributed by atoms with van der Waals surface area (Å²) in [6.07, 6.45) is 3.76. The fourth-order valence-electron chi connectivity index (χ4n) is 3.18. The molecule has 0 bridgehead atoms. The van der Waals surface area contributed by atoms with E-state index in [0.29, 0.717) is 12.6 Å². The largest absolute Gasteiger partial charge is 0.481 e. The number of piperidine rings is 1. The van der Waals surface area contributed by atoms with Crippen molar-refractivity contribution >= 4 is 5.97 Å². The van der Waals surface area contributed by atoms with Crippen LogP contribution in [0.2, 0.25) is 0 Å². The first-order valence-corrected chi connectivity index (χ1v) is 8.12. The minimum Gasteiger partial charge on any atom is -0.481 e. The van der Waals surface area contributed by atoms with E-state index in [1.807, 2.05) is 41.9 Å². The van der Waals surface area contributed by atoms with Crippen molar-refractivity contribution in [2.24, 2.45) is 5.92 Å². The molecule has 1 N–H and O–H groups in total. The van der Waals surface area contributed by atoms with E-state index in [4.69, 9.17) is 0 Å². The second-order valence-electron chi connectivity index (χ2n) is 6.41. The Morgan fingerprint density at radius 1 is 1.30 bits per heavy atom. The first-order valence-electron chi connectivity index (χ1n) is 8.12. The van der Waals surface area contributed by atoms with Crippen molar-refractivity contribution < 1.29 is 9.90 Å². The number of carbonyl (C=O) groups is 1. The van der Waals surface area contributed by atoms with Crippen LogP contribution in [0.1, 0.15) is 31.0 Å². The van der Waals surface area contributed by atoms with Crippen LogP contribution in [-0.2, 0) is 11.3 Å². The number of aliphatic carboxylic acids is 1. The second kappa shape index (κ2) is 6.54. The summed E-state index contributed by atoms with van der Waals surface area (Å²) < 4.78 is 1.90.